The lowest BCUT2D eigenvalue weighted by molar-refractivity contribution is 0.248. The van der Waals surface area contributed by atoms with E-state index in [0.717, 1.165) is 11.1 Å². The number of rotatable bonds is 5. The van der Waals surface area contributed by atoms with Gasteiger partial charge in [-0.2, -0.15) is 0 Å². The molecular weight excluding hydrogens is 388 g/mol. The predicted octanol–water partition coefficient (Wildman–Crippen LogP) is 5.30. The van der Waals surface area contributed by atoms with Crippen LogP contribution in [0.25, 0.3) is 11.5 Å². The van der Waals surface area contributed by atoms with Gasteiger partial charge in [0.1, 0.15) is 6.04 Å². The average Bonchev–Trinajstić information content (AvgIpc) is 3.24. The number of urea groups is 1. The second-order valence-electron chi connectivity index (χ2n) is 6.26. The van der Waals surface area contributed by atoms with E-state index in [4.69, 9.17) is 16.0 Å². The van der Waals surface area contributed by atoms with E-state index in [0.29, 0.717) is 16.6 Å². The maximum atomic E-state index is 12.6. The molecule has 0 bridgehead atoms. The third kappa shape index (κ3) is 4.62. The maximum Gasteiger partial charge on any atom is 0.320 e. The molecule has 0 saturated heterocycles. The van der Waals surface area contributed by atoms with E-state index in [1.807, 2.05) is 60.7 Å². The summed E-state index contributed by atoms with van der Waals surface area (Å²) in [5.41, 5.74) is 2.25. The Morgan fingerprint density at radius 1 is 0.862 bits per heavy atom. The van der Waals surface area contributed by atoms with Gasteiger partial charge in [-0.1, -0.05) is 60.1 Å². The highest BCUT2D eigenvalue weighted by Gasteiger charge is 2.23. The summed E-state index contributed by atoms with van der Waals surface area (Å²) >= 11 is 5.94. The largest absolute Gasteiger partial charge is 0.418 e. The summed E-state index contributed by atoms with van der Waals surface area (Å²) in [6.45, 7) is 0. The summed E-state index contributed by atoms with van der Waals surface area (Å²) in [4.78, 5) is 12.6. The van der Waals surface area contributed by atoms with E-state index >= 15 is 0 Å². The number of hydrogen-bond donors (Lipinski definition) is 2. The highest BCUT2D eigenvalue weighted by Crippen LogP contribution is 2.26. The lowest BCUT2D eigenvalue weighted by Gasteiger charge is -2.16. The Morgan fingerprint density at radius 2 is 1.52 bits per heavy atom. The van der Waals surface area contributed by atoms with Gasteiger partial charge < -0.3 is 15.1 Å². The van der Waals surface area contributed by atoms with Crippen molar-refractivity contribution in [3.63, 3.8) is 0 Å². The molecule has 4 rings (SSSR count). The molecule has 0 unspecified atom stereocenters. The number of nitrogens with zero attached hydrogens (tertiary/aromatic N) is 2. The number of benzene rings is 3. The van der Waals surface area contributed by atoms with Crippen LogP contribution in [0, 0.1) is 0 Å². The number of nitrogens with one attached hydrogen (secondary N) is 2. The van der Waals surface area contributed by atoms with Crippen LogP contribution < -0.4 is 10.6 Å². The summed E-state index contributed by atoms with van der Waals surface area (Å²) in [7, 11) is 0. The molecule has 6 nitrogen and oxygen atoms in total. The third-order valence-electron chi connectivity index (χ3n) is 4.22. The number of amides is 2. The van der Waals surface area contributed by atoms with Crippen molar-refractivity contribution >= 4 is 23.3 Å². The molecule has 144 valence electrons. The van der Waals surface area contributed by atoms with Crippen LogP contribution in [0.3, 0.4) is 0 Å². The van der Waals surface area contributed by atoms with Crippen molar-refractivity contribution in [1.82, 2.24) is 15.5 Å². The Balaban J connectivity index is 1.60. The van der Waals surface area contributed by atoms with Gasteiger partial charge in [0.05, 0.1) is 0 Å². The van der Waals surface area contributed by atoms with Gasteiger partial charge in [-0.3, -0.25) is 0 Å². The fourth-order valence-corrected chi connectivity index (χ4v) is 2.94. The zero-order valence-corrected chi connectivity index (χ0v) is 16.0. The molecule has 2 amide bonds. The summed E-state index contributed by atoms with van der Waals surface area (Å²) in [5.74, 6) is 0.632. The van der Waals surface area contributed by atoms with Crippen LogP contribution >= 0.6 is 11.6 Å². The van der Waals surface area contributed by atoms with Crippen LogP contribution in [-0.2, 0) is 0 Å². The molecule has 0 aliphatic carbocycles. The first-order valence-corrected chi connectivity index (χ1v) is 9.34. The van der Waals surface area contributed by atoms with Crippen molar-refractivity contribution in [3.05, 3.63) is 101 Å². The minimum atomic E-state index is -0.603. The fraction of sp³-hybridized carbons (Fsp3) is 0.0455. The van der Waals surface area contributed by atoms with E-state index in [2.05, 4.69) is 20.8 Å². The van der Waals surface area contributed by atoms with Crippen molar-refractivity contribution in [2.24, 2.45) is 0 Å². The van der Waals surface area contributed by atoms with Crippen LogP contribution in [0.15, 0.2) is 89.3 Å². The molecular formula is C22H17ClN4O2. The number of carbonyl (C=O) groups is 1. The van der Waals surface area contributed by atoms with Gasteiger partial charge in [-0.05, 0) is 42.0 Å². The number of hydrogen-bond acceptors (Lipinski definition) is 4. The van der Waals surface area contributed by atoms with Crippen molar-refractivity contribution in [2.75, 3.05) is 5.32 Å². The number of halogens is 1. The van der Waals surface area contributed by atoms with Gasteiger partial charge in [0.2, 0.25) is 11.8 Å². The quantitative estimate of drug-likeness (QED) is 0.473. The minimum Gasteiger partial charge on any atom is -0.418 e. The van der Waals surface area contributed by atoms with E-state index in [-0.39, 0.29) is 11.9 Å². The Labute approximate surface area is 172 Å². The molecule has 4 aromatic rings. The van der Waals surface area contributed by atoms with Crippen LogP contribution in [0.4, 0.5) is 10.5 Å². The molecule has 0 spiro atoms. The lowest BCUT2D eigenvalue weighted by atomic mass is 10.1. The molecule has 0 radical (unpaired) electrons. The summed E-state index contributed by atoms with van der Waals surface area (Å²) in [6.07, 6.45) is 0. The van der Waals surface area contributed by atoms with Crippen LogP contribution in [0.5, 0.6) is 0 Å². The van der Waals surface area contributed by atoms with Crippen molar-refractivity contribution in [1.29, 1.82) is 0 Å². The molecule has 0 fully saturated rings. The number of aromatic nitrogens is 2. The number of para-hydroxylation sites is 1. The Morgan fingerprint density at radius 3 is 2.21 bits per heavy atom. The number of anilines is 1. The Kier molecular flexibility index (Phi) is 5.54. The van der Waals surface area contributed by atoms with Crippen molar-refractivity contribution in [3.8, 4) is 11.5 Å². The normalized spacial score (nSPS) is 11.6. The van der Waals surface area contributed by atoms with Crippen LogP contribution in [-0.4, -0.2) is 16.2 Å². The van der Waals surface area contributed by atoms with Crippen molar-refractivity contribution in [2.45, 2.75) is 6.04 Å². The molecule has 7 heteroatoms. The molecule has 0 saturated carbocycles. The second kappa shape index (κ2) is 8.58. The monoisotopic (exact) mass is 404 g/mol. The first-order chi connectivity index (χ1) is 14.2. The van der Waals surface area contributed by atoms with Gasteiger partial charge in [-0.25, -0.2) is 4.79 Å². The minimum absolute atomic E-state index is 0.282. The van der Waals surface area contributed by atoms with Gasteiger partial charge in [0.15, 0.2) is 0 Å². The van der Waals surface area contributed by atoms with Gasteiger partial charge >= 0.3 is 6.03 Å². The maximum absolute atomic E-state index is 12.6. The Bertz CT molecular complexity index is 1080. The standard InChI is InChI=1S/C22H17ClN4O2/c23-17-13-11-16(12-14-17)20-26-27-21(29-20)19(15-7-3-1-4-8-15)25-22(28)24-18-9-5-2-6-10-18/h1-14,19H,(H2,24,25,28)/t19-/m0/s1. The molecule has 1 atom stereocenters. The van der Waals surface area contributed by atoms with Gasteiger partial charge in [-0.15, -0.1) is 10.2 Å². The fourth-order valence-electron chi connectivity index (χ4n) is 2.81. The summed E-state index contributed by atoms with van der Waals surface area (Å²) in [5, 5.41) is 14.6. The van der Waals surface area contributed by atoms with E-state index in [9.17, 15) is 4.79 Å². The van der Waals surface area contributed by atoms with Crippen LogP contribution in [0.1, 0.15) is 17.5 Å². The van der Waals surface area contributed by atoms with Gasteiger partial charge in [0, 0.05) is 16.3 Å². The Hall–Kier alpha value is -3.64. The summed E-state index contributed by atoms with van der Waals surface area (Å²) < 4.78 is 5.87. The summed E-state index contributed by atoms with van der Waals surface area (Å²) in [6, 6.07) is 24.8. The molecule has 29 heavy (non-hydrogen) atoms. The molecule has 0 aliphatic rings. The van der Waals surface area contributed by atoms with E-state index in [1.54, 1.807) is 24.3 Å². The van der Waals surface area contributed by atoms with Gasteiger partial charge in [0.25, 0.3) is 0 Å². The molecule has 0 aliphatic heterocycles. The smallest absolute Gasteiger partial charge is 0.320 e. The molecule has 1 heterocycles. The zero-order chi connectivity index (χ0) is 20.1. The average molecular weight is 405 g/mol. The molecule has 1 aromatic heterocycles. The highest BCUT2D eigenvalue weighted by molar-refractivity contribution is 6.30. The van der Waals surface area contributed by atoms with E-state index in [1.165, 1.54) is 0 Å². The van der Waals surface area contributed by atoms with E-state index < -0.39 is 6.04 Å². The SMILES string of the molecule is O=C(Nc1ccccc1)N[C@@H](c1ccccc1)c1nnc(-c2ccc(Cl)cc2)o1. The first-order valence-electron chi connectivity index (χ1n) is 8.96. The zero-order valence-electron chi connectivity index (χ0n) is 15.2. The molecule has 2 N–H and O–H groups in total. The predicted molar refractivity (Wildman–Crippen MR) is 112 cm³/mol. The first kappa shape index (κ1) is 18.7. The third-order valence-corrected chi connectivity index (χ3v) is 4.47. The topological polar surface area (TPSA) is 80.0 Å². The number of carbonyl (C=O) groups excluding carboxylic acids is 1. The van der Waals surface area contributed by atoms with Crippen LogP contribution in [0.2, 0.25) is 5.02 Å². The van der Waals surface area contributed by atoms with Crippen molar-refractivity contribution < 1.29 is 9.21 Å². The second-order valence-corrected chi connectivity index (χ2v) is 6.70. The lowest BCUT2D eigenvalue weighted by Crippen LogP contribution is -2.33. The highest BCUT2D eigenvalue weighted by atomic mass is 35.5. The molecule has 3 aromatic carbocycles.